The standard InChI is InChI=1S/C17H21NO2/c19-17(20)14-3-1-2-11(6-14)8-18-9-15-12-4-5-13(7-12)16(15)10-18/h1-3,6,12-13,15-16H,4-5,7-10H2,(H,19,20). The molecule has 0 amide bonds. The quantitative estimate of drug-likeness (QED) is 0.919. The molecule has 1 saturated heterocycles. The van der Waals surface area contributed by atoms with E-state index in [9.17, 15) is 4.79 Å². The minimum atomic E-state index is -0.830. The molecule has 4 atom stereocenters. The van der Waals surface area contributed by atoms with Crippen molar-refractivity contribution in [1.82, 2.24) is 4.90 Å². The number of carbonyl (C=O) groups is 1. The molecular weight excluding hydrogens is 250 g/mol. The lowest BCUT2D eigenvalue weighted by molar-refractivity contribution is 0.0696. The first-order chi connectivity index (χ1) is 9.70. The predicted molar refractivity (Wildman–Crippen MR) is 76.5 cm³/mol. The summed E-state index contributed by atoms with van der Waals surface area (Å²) in [4.78, 5) is 13.6. The largest absolute Gasteiger partial charge is 0.478 e. The maximum absolute atomic E-state index is 11.0. The van der Waals surface area contributed by atoms with E-state index in [-0.39, 0.29) is 0 Å². The Kier molecular flexibility index (Phi) is 2.84. The van der Waals surface area contributed by atoms with Crippen LogP contribution in [0.5, 0.6) is 0 Å². The number of hydrogen-bond acceptors (Lipinski definition) is 2. The minimum absolute atomic E-state index is 0.405. The summed E-state index contributed by atoms with van der Waals surface area (Å²) < 4.78 is 0. The van der Waals surface area contributed by atoms with Gasteiger partial charge in [0, 0.05) is 19.6 Å². The molecule has 1 aliphatic heterocycles. The third-order valence-electron chi connectivity index (χ3n) is 5.79. The highest BCUT2D eigenvalue weighted by Crippen LogP contribution is 2.55. The molecule has 4 rings (SSSR count). The molecule has 3 aliphatic rings. The zero-order valence-electron chi connectivity index (χ0n) is 11.7. The number of carboxylic acids is 1. The van der Waals surface area contributed by atoms with E-state index in [1.807, 2.05) is 12.1 Å². The van der Waals surface area contributed by atoms with Crippen LogP contribution in [0.2, 0.25) is 0 Å². The van der Waals surface area contributed by atoms with Crippen LogP contribution in [0.25, 0.3) is 0 Å². The van der Waals surface area contributed by atoms with Crippen LogP contribution in [0.3, 0.4) is 0 Å². The molecule has 3 heteroatoms. The highest BCUT2D eigenvalue weighted by atomic mass is 16.4. The van der Waals surface area contributed by atoms with E-state index in [0.717, 1.165) is 35.8 Å². The van der Waals surface area contributed by atoms with Gasteiger partial charge in [-0.3, -0.25) is 4.90 Å². The molecule has 2 aliphatic carbocycles. The smallest absolute Gasteiger partial charge is 0.335 e. The number of carboxylic acid groups (broad SMARTS) is 1. The summed E-state index contributed by atoms with van der Waals surface area (Å²) >= 11 is 0. The third-order valence-corrected chi connectivity index (χ3v) is 5.79. The fourth-order valence-electron chi connectivity index (χ4n) is 4.96. The van der Waals surface area contributed by atoms with Gasteiger partial charge in [-0.2, -0.15) is 0 Å². The zero-order chi connectivity index (χ0) is 13.7. The normalized spacial score (nSPS) is 35.4. The number of nitrogens with zero attached hydrogens (tertiary/aromatic N) is 1. The molecule has 1 aromatic rings. The van der Waals surface area contributed by atoms with Crippen molar-refractivity contribution in [2.24, 2.45) is 23.7 Å². The number of benzene rings is 1. The van der Waals surface area contributed by atoms with Gasteiger partial charge in [0.2, 0.25) is 0 Å². The van der Waals surface area contributed by atoms with Crippen molar-refractivity contribution in [1.29, 1.82) is 0 Å². The van der Waals surface area contributed by atoms with Crippen molar-refractivity contribution in [3.8, 4) is 0 Å². The molecule has 2 saturated carbocycles. The summed E-state index contributed by atoms with van der Waals surface area (Å²) in [6.07, 6.45) is 4.39. The Bertz CT molecular complexity index is 524. The lowest BCUT2D eigenvalue weighted by atomic mass is 9.82. The molecule has 0 aromatic heterocycles. The Morgan fingerprint density at radius 1 is 1.20 bits per heavy atom. The Morgan fingerprint density at radius 3 is 2.55 bits per heavy atom. The maximum Gasteiger partial charge on any atom is 0.335 e. The van der Waals surface area contributed by atoms with Gasteiger partial charge in [-0.05, 0) is 60.6 Å². The van der Waals surface area contributed by atoms with Gasteiger partial charge in [0.25, 0.3) is 0 Å². The SMILES string of the molecule is O=C(O)c1cccc(CN2CC3C4CCC(C4)C3C2)c1. The van der Waals surface area contributed by atoms with Gasteiger partial charge < -0.3 is 5.11 Å². The van der Waals surface area contributed by atoms with Gasteiger partial charge in [0.05, 0.1) is 5.56 Å². The summed E-state index contributed by atoms with van der Waals surface area (Å²) in [7, 11) is 0. The summed E-state index contributed by atoms with van der Waals surface area (Å²) in [5.41, 5.74) is 1.54. The van der Waals surface area contributed by atoms with Crippen molar-refractivity contribution in [2.45, 2.75) is 25.8 Å². The molecule has 0 radical (unpaired) electrons. The Morgan fingerprint density at radius 2 is 1.90 bits per heavy atom. The summed E-state index contributed by atoms with van der Waals surface area (Å²) in [5.74, 6) is 3.00. The van der Waals surface area contributed by atoms with Gasteiger partial charge >= 0.3 is 5.97 Å². The van der Waals surface area contributed by atoms with E-state index >= 15 is 0 Å². The Balaban J connectivity index is 1.46. The first kappa shape index (κ1) is 12.4. The second-order valence-electron chi connectivity index (χ2n) is 6.86. The van der Waals surface area contributed by atoms with Crippen molar-refractivity contribution < 1.29 is 9.90 Å². The first-order valence-electron chi connectivity index (χ1n) is 7.75. The van der Waals surface area contributed by atoms with Gasteiger partial charge in [-0.1, -0.05) is 12.1 Å². The molecule has 2 bridgehead atoms. The summed E-state index contributed by atoms with van der Waals surface area (Å²) in [6.45, 7) is 3.36. The Labute approximate surface area is 119 Å². The zero-order valence-corrected chi connectivity index (χ0v) is 11.7. The van der Waals surface area contributed by atoms with Crippen LogP contribution in [0, 0.1) is 23.7 Å². The highest BCUT2D eigenvalue weighted by Gasteiger charge is 2.51. The molecule has 20 heavy (non-hydrogen) atoms. The van der Waals surface area contributed by atoms with Gasteiger partial charge in [-0.15, -0.1) is 0 Å². The molecule has 1 aromatic carbocycles. The lowest BCUT2D eigenvalue weighted by Crippen LogP contribution is -2.22. The van der Waals surface area contributed by atoms with Crippen molar-refractivity contribution in [2.75, 3.05) is 13.1 Å². The van der Waals surface area contributed by atoms with Crippen molar-refractivity contribution in [3.63, 3.8) is 0 Å². The first-order valence-corrected chi connectivity index (χ1v) is 7.75. The molecule has 3 fully saturated rings. The highest BCUT2D eigenvalue weighted by molar-refractivity contribution is 5.87. The molecule has 0 spiro atoms. The predicted octanol–water partition coefficient (Wildman–Crippen LogP) is 2.86. The monoisotopic (exact) mass is 271 g/mol. The van der Waals surface area contributed by atoms with E-state index in [1.165, 1.54) is 32.4 Å². The van der Waals surface area contributed by atoms with E-state index in [0.29, 0.717) is 5.56 Å². The number of hydrogen-bond donors (Lipinski definition) is 1. The van der Waals surface area contributed by atoms with Crippen LogP contribution in [0.15, 0.2) is 24.3 Å². The molecule has 3 nitrogen and oxygen atoms in total. The lowest BCUT2D eigenvalue weighted by Gasteiger charge is -2.22. The van der Waals surface area contributed by atoms with Crippen molar-refractivity contribution in [3.05, 3.63) is 35.4 Å². The fourth-order valence-corrected chi connectivity index (χ4v) is 4.96. The molecular formula is C17H21NO2. The topological polar surface area (TPSA) is 40.5 Å². The van der Waals surface area contributed by atoms with Crippen LogP contribution < -0.4 is 0 Å². The number of likely N-dealkylation sites (tertiary alicyclic amines) is 1. The molecule has 4 unspecified atom stereocenters. The van der Waals surface area contributed by atoms with Gasteiger partial charge in [0.15, 0.2) is 0 Å². The van der Waals surface area contributed by atoms with E-state index in [4.69, 9.17) is 5.11 Å². The Hall–Kier alpha value is -1.35. The summed E-state index contributed by atoms with van der Waals surface area (Å²) in [6, 6.07) is 7.41. The number of rotatable bonds is 3. The molecule has 1 N–H and O–H groups in total. The van der Waals surface area contributed by atoms with Gasteiger partial charge in [0.1, 0.15) is 0 Å². The fraction of sp³-hybridized carbons (Fsp3) is 0.588. The van der Waals surface area contributed by atoms with Gasteiger partial charge in [-0.25, -0.2) is 4.79 Å². The third kappa shape index (κ3) is 1.96. The van der Waals surface area contributed by atoms with Crippen LogP contribution in [0.4, 0.5) is 0 Å². The molecule has 106 valence electrons. The average Bonchev–Trinajstić information content (AvgIpc) is 3.10. The van der Waals surface area contributed by atoms with E-state index < -0.39 is 5.97 Å². The van der Waals surface area contributed by atoms with Crippen LogP contribution in [-0.2, 0) is 6.54 Å². The van der Waals surface area contributed by atoms with Crippen molar-refractivity contribution >= 4 is 5.97 Å². The number of fused-ring (bicyclic) bond motifs is 5. The second kappa shape index (κ2) is 4.59. The van der Waals surface area contributed by atoms with E-state index in [1.54, 1.807) is 6.07 Å². The average molecular weight is 271 g/mol. The maximum atomic E-state index is 11.0. The second-order valence-corrected chi connectivity index (χ2v) is 6.86. The van der Waals surface area contributed by atoms with E-state index in [2.05, 4.69) is 11.0 Å². The minimum Gasteiger partial charge on any atom is -0.478 e. The van der Waals surface area contributed by atoms with Crippen LogP contribution in [0.1, 0.15) is 35.2 Å². The molecule has 1 heterocycles. The van der Waals surface area contributed by atoms with Crippen LogP contribution in [-0.4, -0.2) is 29.1 Å². The number of aromatic carboxylic acids is 1. The summed E-state index contributed by atoms with van der Waals surface area (Å²) in [5, 5.41) is 9.07. The van der Waals surface area contributed by atoms with Crippen LogP contribution >= 0.6 is 0 Å².